The van der Waals surface area contributed by atoms with Crippen LogP contribution in [0.3, 0.4) is 0 Å². The Morgan fingerprint density at radius 1 is 1.03 bits per heavy atom. The zero-order valence-corrected chi connectivity index (χ0v) is 19.7. The lowest BCUT2D eigenvalue weighted by molar-refractivity contribution is -0.145. The average molecular weight is 477 g/mol. The second kappa shape index (κ2) is 11.8. The summed E-state index contributed by atoms with van der Waals surface area (Å²) >= 11 is 0. The third-order valence-corrected chi connectivity index (χ3v) is 5.49. The largest absolute Gasteiger partial charge is 0.490 e. The highest BCUT2D eigenvalue weighted by Crippen LogP contribution is 2.40. The number of rotatable bonds is 10. The smallest absolute Gasteiger partial charge is 0.307 e. The van der Waals surface area contributed by atoms with E-state index in [9.17, 15) is 18.4 Å². The Morgan fingerprint density at radius 2 is 1.74 bits per heavy atom. The number of nitrogens with one attached hydrogen (secondary N) is 1. The molecular weight excluding hydrogens is 446 g/mol. The van der Waals surface area contributed by atoms with Crippen molar-refractivity contribution in [2.24, 2.45) is 0 Å². The quantitative estimate of drug-likeness (QED) is 0.517. The summed E-state index contributed by atoms with van der Waals surface area (Å²) in [7, 11) is 0. The molecule has 0 fully saturated rings. The minimum absolute atomic E-state index is 0.0298. The van der Waals surface area contributed by atoms with Crippen LogP contribution in [0.25, 0.3) is 0 Å². The van der Waals surface area contributed by atoms with Crippen molar-refractivity contribution < 1.29 is 32.6 Å². The molecule has 9 heteroatoms. The molecule has 0 saturated carbocycles. The van der Waals surface area contributed by atoms with Crippen molar-refractivity contribution in [1.29, 1.82) is 0 Å². The van der Waals surface area contributed by atoms with E-state index >= 15 is 0 Å². The Balaban J connectivity index is 1.88. The summed E-state index contributed by atoms with van der Waals surface area (Å²) in [5.41, 5.74) is 1.61. The number of hydrogen-bond acceptors (Lipinski definition) is 6. The first-order valence-corrected chi connectivity index (χ1v) is 11.4. The topological polar surface area (TPSA) is 77.1 Å². The van der Waals surface area contributed by atoms with Gasteiger partial charge in [-0.3, -0.25) is 14.5 Å². The zero-order valence-electron chi connectivity index (χ0n) is 19.7. The van der Waals surface area contributed by atoms with E-state index in [1.165, 1.54) is 0 Å². The fraction of sp³-hybridized carbons (Fsp3) is 0.440. The average Bonchev–Trinajstić information content (AvgIpc) is 2.79. The third kappa shape index (κ3) is 6.22. The zero-order chi connectivity index (χ0) is 24.7. The molecule has 1 aliphatic rings. The molecule has 1 heterocycles. The van der Waals surface area contributed by atoms with Crippen molar-refractivity contribution in [3.8, 4) is 11.5 Å². The number of amides is 1. The maximum atomic E-state index is 14.0. The van der Waals surface area contributed by atoms with Gasteiger partial charge in [-0.15, -0.1) is 0 Å². The lowest BCUT2D eigenvalue weighted by Crippen LogP contribution is -2.41. The van der Waals surface area contributed by atoms with Gasteiger partial charge in [-0.05, 0) is 62.6 Å². The van der Waals surface area contributed by atoms with E-state index in [0.29, 0.717) is 37.7 Å². The molecule has 0 radical (unpaired) electrons. The number of halogens is 2. The summed E-state index contributed by atoms with van der Waals surface area (Å²) in [6.07, 6.45) is 0.644. The monoisotopic (exact) mass is 476 g/mol. The van der Waals surface area contributed by atoms with Gasteiger partial charge in [0.2, 0.25) is 5.91 Å². The van der Waals surface area contributed by atoms with Gasteiger partial charge in [0.15, 0.2) is 11.5 Å². The van der Waals surface area contributed by atoms with E-state index < -0.39 is 29.6 Å². The van der Waals surface area contributed by atoms with E-state index in [1.54, 1.807) is 6.92 Å². The fourth-order valence-electron chi connectivity index (χ4n) is 4.07. The van der Waals surface area contributed by atoms with Gasteiger partial charge in [0.05, 0.1) is 38.5 Å². The maximum Gasteiger partial charge on any atom is 0.307 e. The highest BCUT2D eigenvalue weighted by molar-refractivity contribution is 5.92. The molecule has 184 valence electrons. The van der Waals surface area contributed by atoms with Crippen molar-refractivity contribution in [2.45, 2.75) is 39.7 Å². The highest BCUT2D eigenvalue weighted by atomic mass is 19.1. The van der Waals surface area contributed by atoms with E-state index in [0.717, 1.165) is 29.3 Å². The number of hydrogen-bond donors (Lipinski definition) is 1. The minimum atomic E-state index is -0.730. The van der Waals surface area contributed by atoms with E-state index in [1.807, 2.05) is 30.9 Å². The number of nitrogens with zero attached hydrogens (tertiary/aromatic N) is 1. The normalized spacial score (nSPS) is 15.4. The summed E-state index contributed by atoms with van der Waals surface area (Å²) < 4.78 is 44.1. The summed E-state index contributed by atoms with van der Waals surface area (Å²) in [6, 6.07) is 6.18. The Labute approximate surface area is 198 Å². The number of carbonyl (C=O) groups is 2. The molecule has 1 atom stereocenters. The first-order valence-electron chi connectivity index (χ1n) is 11.4. The Kier molecular flexibility index (Phi) is 8.81. The van der Waals surface area contributed by atoms with Crippen LogP contribution in [-0.4, -0.2) is 49.7 Å². The van der Waals surface area contributed by atoms with Crippen LogP contribution in [0.2, 0.25) is 0 Å². The van der Waals surface area contributed by atoms with Gasteiger partial charge in [0.1, 0.15) is 11.6 Å². The molecule has 0 bridgehead atoms. The van der Waals surface area contributed by atoms with Crippen LogP contribution in [0.5, 0.6) is 11.5 Å². The van der Waals surface area contributed by atoms with E-state index in [-0.39, 0.29) is 25.3 Å². The van der Waals surface area contributed by atoms with Gasteiger partial charge in [0, 0.05) is 18.7 Å². The Hall–Kier alpha value is -3.20. The summed E-state index contributed by atoms with van der Waals surface area (Å²) in [4.78, 5) is 27.0. The molecule has 0 spiro atoms. The molecule has 2 aromatic rings. The second-order valence-electron chi connectivity index (χ2n) is 7.78. The number of benzene rings is 2. The SMILES string of the molecule is CCOC(=O)C[C@@H]1c2cc(OCC)c(OCC)cc2CCN1CC(=O)Nc1cc(F)ccc1F. The minimum Gasteiger partial charge on any atom is -0.490 e. The molecule has 2 aromatic carbocycles. The van der Waals surface area contributed by atoms with Crippen LogP contribution in [0.1, 0.15) is 44.4 Å². The molecule has 0 unspecified atom stereocenters. The van der Waals surface area contributed by atoms with Gasteiger partial charge in [-0.1, -0.05) is 0 Å². The number of anilines is 1. The number of carbonyl (C=O) groups excluding carboxylic acids is 2. The highest BCUT2D eigenvalue weighted by Gasteiger charge is 2.32. The van der Waals surface area contributed by atoms with Crippen molar-refractivity contribution in [3.63, 3.8) is 0 Å². The molecule has 3 rings (SSSR count). The van der Waals surface area contributed by atoms with Crippen molar-refractivity contribution in [1.82, 2.24) is 4.90 Å². The Bertz CT molecular complexity index is 1030. The molecule has 7 nitrogen and oxygen atoms in total. The maximum absolute atomic E-state index is 14.0. The van der Waals surface area contributed by atoms with Gasteiger partial charge in [-0.25, -0.2) is 8.78 Å². The first-order chi connectivity index (χ1) is 16.4. The molecule has 0 aliphatic carbocycles. The van der Waals surface area contributed by atoms with Gasteiger partial charge >= 0.3 is 5.97 Å². The molecule has 1 aliphatic heterocycles. The van der Waals surface area contributed by atoms with E-state index in [4.69, 9.17) is 14.2 Å². The van der Waals surface area contributed by atoms with Crippen LogP contribution in [-0.2, 0) is 20.7 Å². The predicted molar refractivity (Wildman–Crippen MR) is 123 cm³/mol. The van der Waals surface area contributed by atoms with Gasteiger partial charge < -0.3 is 19.5 Å². The molecule has 0 saturated heterocycles. The van der Waals surface area contributed by atoms with Crippen LogP contribution in [0, 0.1) is 11.6 Å². The van der Waals surface area contributed by atoms with Gasteiger partial charge in [0.25, 0.3) is 0 Å². The molecule has 34 heavy (non-hydrogen) atoms. The lowest BCUT2D eigenvalue weighted by Gasteiger charge is -2.37. The molecule has 1 amide bonds. The standard InChI is InChI=1S/C25H30F2N2O5/c1-4-32-22-11-16-9-10-29(15-24(30)28-20-12-17(26)7-8-19(20)27)21(14-25(31)34-6-3)18(16)13-23(22)33-5-2/h7-8,11-13,21H,4-6,9-10,14-15H2,1-3H3,(H,28,30)/t21-/m1/s1. The molecule has 0 aromatic heterocycles. The van der Waals surface area contributed by atoms with Crippen LogP contribution in [0.4, 0.5) is 14.5 Å². The van der Waals surface area contributed by atoms with Crippen molar-refractivity contribution in [3.05, 3.63) is 53.1 Å². The summed E-state index contributed by atoms with van der Waals surface area (Å²) in [5.74, 6) is -1.11. The Morgan fingerprint density at radius 3 is 2.41 bits per heavy atom. The summed E-state index contributed by atoms with van der Waals surface area (Å²) in [5, 5.41) is 2.42. The second-order valence-corrected chi connectivity index (χ2v) is 7.78. The first kappa shape index (κ1) is 25.4. The van der Waals surface area contributed by atoms with Crippen molar-refractivity contribution >= 4 is 17.6 Å². The van der Waals surface area contributed by atoms with Crippen molar-refractivity contribution in [2.75, 3.05) is 38.2 Å². The molecule has 1 N–H and O–H groups in total. The molecular formula is C25H30F2N2O5. The van der Waals surface area contributed by atoms with Crippen LogP contribution >= 0.6 is 0 Å². The van der Waals surface area contributed by atoms with Crippen LogP contribution in [0.15, 0.2) is 30.3 Å². The number of esters is 1. The number of ether oxygens (including phenoxy) is 3. The lowest BCUT2D eigenvalue weighted by atomic mass is 9.90. The number of fused-ring (bicyclic) bond motifs is 1. The third-order valence-electron chi connectivity index (χ3n) is 5.49. The van der Waals surface area contributed by atoms with Crippen LogP contribution < -0.4 is 14.8 Å². The van der Waals surface area contributed by atoms with Gasteiger partial charge in [-0.2, -0.15) is 0 Å². The predicted octanol–water partition coefficient (Wildman–Crippen LogP) is 4.25. The fourth-order valence-corrected chi connectivity index (χ4v) is 4.07. The van der Waals surface area contributed by atoms with E-state index in [2.05, 4.69) is 5.32 Å². The summed E-state index contributed by atoms with van der Waals surface area (Å²) in [6.45, 7) is 7.01.